The summed E-state index contributed by atoms with van der Waals surface area (Å²) in [4.78, 5) is 25.8. The highest BCUT2D eigenvalue weighted by Crippen LogP contribution is 2.21. The van der Waals surface area contributed by atoms with E-state index in [4.69, 9.17) is 11.0 Å². The van der Waals surface area contributed by atoms with Gasteiger partial charge in [0.15, 0.2) is 11.8 Å². The van der Waals surface area contributed by atoms with Crippen LogP contribution in [0.4, 0.5) is 0 Å². The summed E-state index contributed by atoms with van der Waals surface area (Å²) < 4.78 is 0. The minimum atomic E-state index is -1.16. The van der Waals surface area contributed by atoms with Crippen molar-refractivity contribution in [3.8, 4) is 6.07 Å². The Morgan fingerprint density at radius 1 is 1.37 bits per heavy atom. The lowest BCUT2D eigenvalue weighted by Gasteiger charge is -2.24. The van der Waals surface area contributed by atoms with Crippen molar-refractivity contribution in [2.45, 2.75) is 24.9 Å². The summed E-state index contributed by atoms with van der Waals surface area (Å²) in [5.41, 5.74) is 6.00. The zero-order chi connectivity index (χ0) is 13.8. The van der Waals surface area contributed by atoms with E-state index in [1.54, 1.807) is 30.3 Å². The van der Waals surface area contributed by atoms with Gasteiger partial charge in [0.25, 0.3) is 5.91 Å². The normalized spacial score (nSPS) is 19.8. The molecule has 1 fully saturated rings. The van der Waals surface area contributed by atoms with Gasteiger partial charge in [-0.1, -0.05) is 18.2 Å². The lowest BCUT2D eigenvalue weighted by Crippen LogP contribution is -2.46. The number of carbonyl (C=O) groups excluding carboxylic acids is 2. The number of Topliss-reactive ketones (excluding diaryl/α,β-unsaturated/α-hetero) is 1. The predicted molar refractivity (Wildman–Crippen MR) is 69.1 cm³/mol. The molecule has 2 atom stereocenters. The molecule has 1 unspecified atom stereocenters. The number of nitriles is 1. The molecule has 98 valence electrons. The van der Waals surface area contributed by atoms with E-state index < -0.39 is 12.1 Å². The molecule has 1 aromatic rings. The first kappa shape index (κ1) is 13.2. The van der Waals surface area contributed by atoms with E-state index in [1.165, 1.54) is 4.90 Å². The van der Waals surface area contributed by atoms with Crippen molar-refractivity contribution >= 4 is 11.7 Å². The van der Waals surface area contributed by atoms with Crippen LogP contribution in [0, 0.1) is 11.3 Å². The molecular formula is C14H15N3O2. The number of likely N-dealkylation sites (tertiary alicyclic amines) is 1. The molecule has 0 saturated carbocycles. The summed E-state index contributed by atoms with van der Waals surface area (Å²) in [6.07, 6.45) is 1.33. The summed E-state index contributed by atoms with van der Waals surface area (Å²) in [6, 6.07) is 8.82. The van der Waals surface area contributed by atoms with Crippen molar-refractivity contribution in [1.82, 2.24) is 4.90 Å². The van der Waals surface area contributed by atoms with Gasteiger partial charge >= 0.3 is 0 Å². The standard InChI is InChI=1S/C14H15N3O2/c15-9-11(16)13(18)12-7-4-8-17(12)14(19)10-5-2-1-3-6-10/h1-3,5-6,11-12H,4,7-8,16H2/t11?,12-/m0/s1. The first-order valence-corrected chi connectivity index (χ1v) is 6.20. The number of hydrogen-bond acceptors (Lipinski definition) is 4. The molecule has 5 nitrogen and oxygen atoms in total. The van der Waals surface area contributed by atoms with Gasteiger partial charge in [-0.2, -0.15) is 5.26 Å². The summed E-state index contributed by atoms with van der Waals surface area (Å²) >= 11 is 0. The van der Waals surface area contributed by atoms with Crippen molar-refractivity contribution in [3.05, 3.63) is 35.9 Å². The molecule has 1 aromatic carbocycles. The molecule has 19 heavy (non-hydrogen) atoms. The Kier molecular flexibility index (Phi) is 3.93. The van der Waals surface area contributed by atoms with Crippen molar-refractivity contribution in [1.29, 1.82) is 5.26 Å². The van der Waals surface area contributed by atoms with E-state index in [2.05, 4.69) is 0 Å². The Labute approximate surface area is 111 Å². The largest absolute Gasteiger partial charge is 0.328 e. The lowest BCUT2D eigenvalue weighted by atomic mass is 10.0. The van der Waals surface area contributed by atoms with Crippen LogP contribution in [0.3, 0.4) is 0 Å². The zero-order valence-corrected chi connectivity index (χ0v) is 10.5. The summed E-state index contributed by atoms with van der Waals surface area (Å²) in [5, 5.41) is 8.71. The molecule has 1 heterocycles. The average molecular weight is 257 g/mol. The van der Waals surface area contributed by atoms with Crippen LogP contribution < -0.4 is 5.73 Å². The maximum atomic E-state index is 12.3. The van der Waals surface area contributed by atoms with Crippen LogP contribution in [0.15, 0.2) is 30.3 Å². The minimum absolute atomic E-state index is 0.179. The third-order valence-electron chi connectivity index (χ3n) is 3.31. The highest BCUT2D eigenvalue weighted by molar-refractivity contribution is 6.00. The van der Waals surface area contributed by atoms with Crippen LogP contribution in [0.1, 0.15) is 23.2 Å². The Morgan fingerprint density at radius 2 is 2.05 bits per heavy atom. The van der Waals surface area contributed by atoms with Gasteiger partial charge in [0.1, 0.15) is 0 Å². The second kappa shape index (κ2) is 5.63. The molecule has 0 aliphatic carbocycles. The highest BCUT2D eigenvalue weighted by Gasteiger charge is 2.36. The third kappa shape index (κ3) is 2.64. The molecule has 1 saturated heterocycles. The van der Waals surface area contributed by atoms with Crippen LogP contribution in [0.25, 0.3) is 0 Å². The maximum Gasteiger partial charge on any atom is 0.254 e. The van der Waals surface area contributed by atoms with Crippen LogP contribution in [0.5, 0.6) is 0 Å². The van der Waals surface area contributed by atoms with Gasteiger partial charge < -0.3 is 10.6 Å². The van der Waals surface area contributed by atoms with E-state index in [-0.39, 0.29) is 11.7 Å². The Bertz CT molecular complexity index is 521. The van der Waals surface area contributed by atoms with E-state index in [1.807, 2.05) is 6.07 Å². The number of hydrogen-bond donors (Lipinski definition) is 1. The SMILES string of the molecule is N#CC(N)C(=O)[C@@H]1CCCN1C(=O)c1ccccc1. The van der Waals surface area contributed by atoms with Gasteiger partial charge in [-0.25, -0.2) is 0 Å². The molecule has 1 aliphatic rings. The number of benzene rings is 1. The highest BCUT2D eigenvalue weighted by atomic mass is 16.2. The summed E-state index contributed by atoms with van der Waals surface area (Å²) in [7, 11) is 0. The monoisotopic (exact) mass is 257 g/mol. The predicted octanol–water partition coefficient (Wildman–Crippen LogP) is 0.711. The molecule has 0 bridgehead atoms. The molecule has 1 aliphatic heterocycles. The van der Waals surface area contributed by atoms with Crippen molar-refractivity contribution in [2.24, 2.45) is 5.73 Å². The molecule has 5 heteroatoms. The van der Waals surface area contributed by atoms with Crippen molar-refractivity contribution < 1.29 is 9.59 Å². The Balaban J connectivity index is 2.18. The summed E-state index contributed by atoms with van der Waals surface area (Å²) in [6.45, 7) is 0.530. The van der Waals surface area contributed by atoms with E-state index in [9.17, 15) is 9.59 Å². The van der Waals surface area contributed by atoms with Gasteiger partial charge in [-0.05, 0) is 25.0 Å². The van der Waals surface area contributed by atoms with E-state index in [0.717, 1.165) is 6.42 Å². The van der Waals surface area contributed by atoms with Crippen LogP contribution in [0.2, 0.25) is 0 Å². The molecule has 1 amide bonds. The second-order valence-electron chi connectivity index (χ2n) is 4.53. The molecular weight excluding hydrogens is 242 g/mol. The molecule has 2 N–H and O–H groups in total. The second-order valence-corrected chi connectivity index (χ2v) is 4.53. The van der Waals surface area contributed by atoms with Crippen LogP contribution >= 0.6 is 0 Å². The minimum Gasteiger partial charge on any atom is -0.328 e. The maximum absolute atomic E-state index is 12.3. The number of nitrogens with two attached hydrogens (primary N) is 1. The van der Waals surface area contributed by atoms with Gasteiger partial charge in [0.2, 0.25) is 0 Å². The van der Waals surface area contributed by atoms with Crippen molar-refractivity contribution in [2.75, 3.05) is 6.54 Å². The fraction of sp³-hybridized carbons (Fsp3) is 0.357. The lowest BCUT2D eigenvalue weighted by molar-refractivity contribution is -0.122. The van der Waals surface area contributed by atoms with Gasteiger partial charge in [0, 0.05) is 12.1 Å². The first-order valence-electron chi connectivity index (χ1n) is 6.20. The summed E-state index contributed by atoms with van der Waals surface area (Å²) in [5.74, 6) is -0.550. The number of ketones is 1. The fourth-order valence-corrected chi connectivity index (χ4v) is 2.32. The molecule has 0 spiro atoms. The Morgan fingerprint density at radius 3 is 2.68 bits per heavy atom. The van der Waals surface area contributed by atoms with E-state index in [0.29, 0.717) is 18.5 Å². The van der Waals surface area contributed by atoms with Gasteiger partial charge in [-0.15, -0.1) is 0 Å². The molecule has 2 rings (SSSR count). The number of amides is 1. The fourth-order valence-electron chi connectivity index (χ4n) is 2.32. The van der Waals surface area contributed by atoms with Gasteiger partial charge in [0.05, 0.1) is 12.1 Å². The average Bonchev–Trinajstić information content (AvgIpc) is 2.95. The third-order valence-corrected chi connectivity index (χ3v) is 3.31. The first-order chi connectivity index (χ1) is 9.15. The molecule has 0 aromatic heterocycles. The number of rotatable bonds is 3. The van der Waals surface area contributed by atoms with Crippen LogP contribution in [-0.2, 0) is 4.79 Å². The van der Waals surface area contributed by atoms with Crippen LogP contribution in [-0.4, -0.2) is 35.2 Å². The Hall–Kier alpha value is -2.19. The van der Waals surface area contributed by atoms with E-state index >= 15 is 0 Å². The zero-order valence-electron chi connectivity index (χ0n) is 10.5. The number of carbonyl (C=O) groups is 2. The quantitative estimate of drug-likeness (QED) is 0.864. The van der Waals surface area contributed by atoms with Gasteiger partial charge in [-0.3, -0.25) is 9.59 Å². The topological polar surface area (TPSA) is 87.2 Å². The smallest absolute Gasteiger partial charge is 0.254 e. The molecule has 0 radical (unpaired) electrons. The van der Waals surface area contributed by atoms with Crippen molar-refractivity contribution in [3.63, 3.8) is 0 Å². The number of nitrogens with zero attached hydrogens (tertiary/aromatic N) is 2.